The third-order valence-corrected chi connectivity index (χ3v) is 8.67. The van der Waals surface area contributed by atoms with Crippen LogP contribution in [-0.4, -0.2) is 27.8 Å². The number of anilines is 2. The van der Waals surface area contributed by atoms with Gasteiger partial charge in [0, 0.05) is 42.6 Å². The Morgan fingerprint density at radius 1 is 0.929 bits per heavy atom. The van der Waals surface area contributed by atoms with E-state index in [4.69, 9.17) is 23.8 Å². The summed E-state index contributed by atoms with van der Waals surface area (Å²) in [6.45, 7) is 6.42. The fourth-order valence-corrected chi connectivity index (χ4v) is 7.04. The summed E-state index contributed by atoms with van der Waals surface area (Å²) in [4.78, 5) is 8.94. The van der Waals surface area contributed by atoms with Crippen molar-refractivity contribution in [1.82, 2.24) is 14.9 Å². The second-order valence-electron chi connectivity index (χ2n) is 11.3. The number of rotatable bonds is 5. The molecule has 0 saturated carbocycles. The molecule has 0 aliphatic carbocycles. The Morgan fingerprint density at radius 3 is 2.40 bits per heavy atom. The van der Waals surface area contributed by atoms with Gasteiger partial charge in [-0.25, -0.2) is 0 Å². The van der Waals surface area contributed by atoms with Crippen molar-refractivity contribution in [3.63, 3.8) is 0 Å². The normalized spacial score (nSPS) is 22.9. The quantitative estimate of drug-likeness (QED) is 0.231. The molecular weight excluding hydrogens is 579 g/mol. The van der Waals surface area contributed by atoms with E-state index in [0.29, 0.717) is 27.7 Å². The smallest absolute Gasteiger partial charge is 0.370 e. The highest BCUT2D eigenvalue weighted by atomic mass is 35.5. The van der Waals surface area contributed by atoms with Crippen LogP contribution in [0.3, 0.4) is 0 Å². The molecule has 4 heterocycles. The molecule has 42 heavy (non-hydrogen) atoms. The first-order valence-corrected chi connectivity index (χ1v) is 14.8. The summed E-state index contributed by atoms with van der Waals surface area (Å²) in [6.07, 6.45) is 0.235. The summed E-state index contributed by atoms with van der Waals surface area (Å²) in [5.74, 6) is 1.15. The Balaban J connectivity index is 1.43. The Kier molecular flexibility index (Phi) is 7.66. The summed E-state index contributed by atoms with van der Waals surface area (Å²) in [7, 11) is 0. The molecule has 2 aromatic heterocycles. The molecule has 2 aromatic carbocycles. The molecule has 0 spiro atoms. The van der Waals surface area contributed by atoms with Gasteiger partial charge in [-0.05, 0) is 91.1 Å². The highest BCUT2D eigenvalue weighted by Gasteiger charge is 2.42. The van der Waals surface area contributed by atoms with Crippen molar-refractivity contribution in [2.45, 2.75) is 38.5 Å². The minimum absolute atomic E-state index is 0.361. The number of benzene rings is 2. The minimum atomic E-state index is -4.45. The number of piperidine rings is 1. The topological polar surface area (TPSA) is 36.3 Å². The maximum absolute atomic E-state index is 13.6. The molecule has 0 unspecified atom stereocenters. The lowest BCUT2D eigenvalue weighted by Gasteiger charge is -2.37. The standard InChI is InChI=1S/C32H31ClF3N5S/c1-20-15-21(2)19-39(18-20)27-12-11-24(17-25(27)33)41-30(29(38-31(41)42)26-9-3-4-13-37-26)28-10-6-14-40(28)23-8-5-7-22(16-23)32(34,35)36/h3-14,16-17,20-21,29-30H,15,18-19H2,1-2H3,(H,38,42)/t20-,21-,29-,30-/m0/s1. The van der Waals surface area contributed by atoms with Crippen LogP contribution in [0.5, 0.6) is 0 Å². The molecule has 1 N–H and O–H groups in total. The van der Waals surface area contributed by atoms with E-state index in [1.54, 1.807) is 23.0 Å². The minimum Gasteiger partial charge on any atom is -0.370 e. The number of nitrogens with zero attached hydrogens (tertiary/aromatic N) is 4. The third-order valence-electron chi connectivity index (χ3n) is 8.05. The van der Waals surface area contributed by atoms with E-state index >= 15 is 0 Å². The van der Waals surface area contributed by atoms with Crippen molar-refractivity contribution >= 4 is 40.3 Å². The monoisotopic (exact) mass is 609 g/mol. The van der Waals surface area contributed by atoms with Crippen molar-refractivity contribution in [2.75, 3.05) is 22.9 Å². The van der Waals surface area contributed by atoms with Gasteiger partial charge in [-0.3, -0.25) is 4.98 Å². The lowest BCUT2D eigenvalue weighted by Crippen LogP contribution is -2.38. The Hall–Kier alpha value is -3.56. The van der Waals surface area contributed by atoms with Crippen molar-refractivity contribution in [3.8, 4) is 5.69 Å². The van der Waals surface area contributed by atoms with E-state index in [0.717, 1.165) is 48.0 Å². The molecule has 2 aliphatic heterocycles. The molecule has 218 valence electrons. The first-order valence-electron chi connectivity index (χ1n) is 14.0. The van der Waals surface area contributed by atoms with Gasteiger partial charge in [-0.2, -0.15) is 13.2 Å². The highest BCUT2D eigenvalue weighted by molar-refractivity contribution is 7.80. The van der Waals surface area contributed by atoms with E-state index in [1.807, 2.05) is 53.4 Å². The molecule has 10 heteroatoms. The van der Waals surface area contributed by atoms with Gasteiger partial charge < -0.3 is 19.7 Å². The molecular formula is C32H31ClF3N5S. The van der Waals surface area contributed by atoms with Crippen molar-refractivity contribution in [1.29, 1.82) is 0 Å². The average Bonchev–Trinajstić information content (AvgIpc) is 3.57. The van der Waals surface area contributed by atoms with Crippen molar-refractivity contribution in [3.05, 3.63) is 107 Å². The van der Waals surface area contributed by atoms with Crippen LogP contribution >= 0.6 is 23.8 Å². The lowest BCUT2D eigenvalue weighted by molar-refractivity contribution is -0.137. The summed E-state index contributed by atoms with van der Waals surface area (Å²) in [5, 5.41) is 4.54. The fourth-order valence-electron chi connectivity index (χ4n) is 6.40. The number of nitrogens with one attached hydrogen (secondary N) is 1. The van der Waals surface area contributed by atoms with E-state index in [2.05, 4.69) is 29.0 Å². The third kappa shape index (κ3) is 5.47. The maximum Gasteiger partial charge on any atom is 0.416 e. The number of aromatic nitrogens is 2. The molecule has 5 nitrogen and oxygen atoms in total. The van der Waals surface area contributed by atoms with Crippen LogP contribution in [0.4, 0.5) is 24.5 Å². The second-order valence-corrected chi connectivity index (χ2v) is 12.1. The van der Waals surface area contributed by atoms with Crippen LogP contribution in [0, 0.1) is 11.8 Å². The van der Waals surface area contributed by atoms with E-state index in [1.165, 1.54) is 12.5 Å². The summed E-state index contributed by atoms with van der Waals surface area (Å²) in [5.41, 5.74) is 3.01. The fraction of sp³-hybridized carbons (Fsp3) is 0.312. The number of halogens is 4. The Morgan fingerprint density at radius 2 is 1.71 bits per heavy atom. The van der Waals surface area contributed by atoms with Crippen LogP contribution in [0.1, 0.15) is 49.3 Å². The van der Waals surface area contributed by atoms with Gasteiger partial charge >= 0.3 is 6.18 Å². The molecule has 2 saturated heterocycles. The molecule has 2 aliphatic rings. The van der Waals surface area contributed by atoms with Crippen LogP contribution in [0.2, 0.25) is 5.02 Å². The second kappa shape index (κ2) is 11.3. The van der Waals surface area contributed by atoms with Gasteiger partial charge in [-0.1, -0.05) is 37.6 Å². The van der Waals surface area contributed by atoms with Crippen molar-refractivity contribution < 1.29 is 13.2 Å². The van der Waals surface area contributed by atoms with Crippen LogP contribution in [-0.2, 0) is 6.18 Å². The molecule has 6 rings (SSSR count). The van der Waals surface area contributed by atoms with Crippen LogP contribution < -0.4 is 15.1 Å². The molecule has 0 bridgehead atoms. The van der Waals surface area contributed by atoms with E-state index in [-0.39, 0.29) is 6.04 Å². The Labute approximate surface area is 253 Å². The number of hydrogen-bond donors (Lipinski definition) is 1. The number of alkyl halides is 3. The SMILES string of the molecule is C[C@H]1C[C@H](C)CN(c2ccc(N3C(=S)N[C@@H](c4ccccn4)[C@@H]3c3cccn3-c3cccc(C(F)(F)F)c3)cc2Cl)C1. The maximum atomic E-state index is 13.6. The van der Waals surface area contributed by atoms with E-state index in [9.17, 15) is 13.2 Å². The molecule has 4 aromatic rings. The Bertz CT molecular complexity index is 1580. The zero-order valence-corrected chi connectivity index (χ0v) is 24.8. The molecule has 0 amide bonds. The van der Waals surface area contributed by atoms with Crippen LogP contribution in [0.15, 0.2) is 85.2 Å². The predicted molar refractivity (Wildman–Crippen MR) is 165 cm³/mol. The number of pyridine rings is 1. The molecule has 2 fully saturated rings. The van der Waals surface area contributed by atoms with Gasteiger partial charge in [-0.15, -0.1) is 0 Å². The lowest BCUT2D eigenvalue weighted by atomic mass is 9.91. The zero-order chi connectivity index (χ0) is 29.6. The summed E-state index contributed by atoms with van der Waals surface area (Å²) < 4.78 is 42.6. The van der Waals surface area contributed by atoms with E-state index < -0.39 is 17.8 Å². The van der Waals surface area contributed by atoms with Gasteiger partial charge in [0.1, 0.15) is 6.04 Å². The first kappa shape index (κ1) is 28.6. The predicted octanol–water partition coefficient (Wildman–Crippen LogP) is 8.20. The van der Waals surface area contributed by atoms with Gasteiger partial charge in [0.15, 0.2) is 5.11 Å². The largest absolute Gasteiger partial charge is 0.416 e. The summed E-state index contributed by atoms with van der Waals surface area (Å²) in [6, 6.07) is 20.0. The van der Waals surface area contributed by atoms with Gasteiger partial charge in [0.05, 0.1) is 28.0 Å². The van der Waals surface area contributed by atoms with Crippen LogP contribution in [0.25, 0.3) is 5.69 Å². The molecule has 4 atom stereocenters. The first-order chi connectivity index (χ1) is 20.1. The average molecular weight is 610 g/mol. The van der Waals surface area contributed by atoms with Gasteiger partial charge in [0.25, 0.3) is 0 Å². The van der Waals surface area contributed by atoms with Gasteiger partial charge in [0.2, 0.25) is 0 Å². The molecule has 0 radical (unpaired) electrons. The number of thiocarbonyl (C=S) groups is 1. The zero-order valence-electron chi connectivity index (χ0n) is 23.2. The highest BCUT2D eigenvalue weighted by Crippen LogP contribution is 2.44. The summed E-state index contributed by atoms with van der Waals surface area (Å²) >= 11 is 12.8. The number of hydrogen-bond acceptors (Lipinski definition) is 3. The van der Waals surface area contributed by atoms with Crippen molar-refractivity contribution in [2.24, 2.45) is 11.8 Å².